The predicted molar refractivity (Wildman–Crippen MR) is 509 cm³/mol. The summed E-state index contributed by atoms with van der Waals surface area (Å²) in [4.78, 5) is 85.8. The van der Waals surface area contributed by atoms with Crippen LogP contribution in [0.1, 0.15) is 146 Å². The van der Waals surface area contributed by atoms with E-state index in [1.807, 2.05) is 81.4 Å². The summed E-state index contributed by atoms with van der Waals surface area (Å²) in [7, 11) is -8.64. The number of benzene rings is 4. The lowest BCUT2D eigenvalue weighted by Crippen LogP contribution is -2.68. The van der Waals surface area contributed by atoms with Gasteiger partial charge in [-0.05, 0) is 84.1 Å². The molecule has 738 valence electrons. The van der Waals surface area contributed by atoms with Gasteiger partial charge in [0.25, 0.3) is 40.5 Å². The van der Waals surface area contributed by atoms with Crippen LogP contribution in [0.15, 0.2) is 94.7 Å². The Kier molecular flexibility index (Phi) is 55.5. The van der Waals surface area contributed by atoms with Crippen molar-refractivity contribution in [3.05, 3.63) is 107 Å². The van der Waals surface area contributed by atoms with Crippen LogP contribution in [0, 0.1) is 47.3 Å². The SMILES string of the molecule is CC(C)C(=O)N(C)CCS(=O)(=O)O.CC(C)C(=O)NCC(CS(=O)(=O)O)c1ccc(Cl)cc1.CC(C)C(=O)NCCC[N+]12CCN(CC1)CC2.CC(C)C(=O)NCCCc1cccc2c(S(=O)(=O)O)cccc12.CC(C)C(=O)NCC[N+](C)(C)C.CC(C)C(=O)NCC[N+]12CCN(CC1)CC2.CC(C)C(=O)NCCc1ccc(S(=O)(=O)O)cc1.CC(C)CNC(CO)CO. The summed E-state index contributed by atoms with van der Waals surface area (Å²) in [5.41, 5.74) is 2.58. The number of nitrogens with zero attached hydrogens (tertiary/aromatic N) is 6. The Morgan fingerprint density at radius 2 is 0.868 bits per heavy atom. The highest BCUT2D eigenvalue weighted by Crippen LogP contribution is 2.28. The van der Waals surface area contributed by atoms with E-state index in [4.69, 9.17) is 35.5 Å². The second-order valence-electron chi connectivity index (χ2n) is 36.9. The van der Waals surface area contributed by atoms with Crippen molar-refractivity contribution in [3.8, 4) is 0 Å². The molecule has 6 aliphatic heterocycles. The minimum Gasteiger partial charge on any atom is -0.395 e. The highest BCUT2D eigenvalue weighted by molar-refractivity contribution is 7.86. The van der Waals surface area contributed by atoms with E-state index in [1.165, 1.54) is 124 Å². The van der Waals surface area contributed by atoms with E-state index in [-0.39, 0.29) is 125 Å². The molecule has 129 heavy (non-hydrogen) atoms. The monoisotopic (exact) mass is 1920 g/mol. The number of aliphatic hydroxyl groups excluding tert-OH is 2. The number of hydrogen-bond acceptors (Lipinski definition) is 20. The fraction of sp³-hybridized carbons (Fsp3) is 0.678. The van der Waals surface area contributed by atoms with E-state index in [9.17, 15) is 71.8 Å². The van der Waals surface area contributed by atoms with E-state index in [0.29, 0.717) is 47.8 Å². The van der Waals surface area contributed by atoms with Crippen LogP contribution in [0.4, 0.5) is 0 Å². The van der Waals surface area contributed by atoms with Gasteiger partial charge in [0, 0.05) is 143 Å². The molecular weight excluding hydrogens is 1760 g/mol. The summed E-state index contributed by atoms with van der Waals surface area (Å²) in [5, 5.41) is 39.3. The molecule has 1 unspecified atom stereocenters. The molecule has 0 saturated carbocycles. The number of piperazine rings is 6. The lowest BCUT2D eigenvalue weighted by Gasteiger charge is -2.50. The van der Waals surface area contributed by atoms with Gasteiger partial charge < -0.3 is 65.8 Å². The molecule has 4 aromatic carbocycles. The first-order valence-corrected chi connectivity index (χ1v) is 51.3. The number of fused-ring (bicyclic) bond motifs is 7. The van der Waals surface area contributed by atoms with Gasteiger partial charge >= 0.3 is 0 Å². The van der Waals surface area contributed by atoms with Gasteiger partial charge in [-0.25, -0.2) is 0 Å². The average molecular weight is 1920 g/mol. The number of carbonyl (C=O) groups excluding carboxylic acids is 7. The minimum atomic E-state index is -4.25. The van der Waals surface area contributed by atoms with E-state index < -0.39 is 57.9 Å². The summed E-state index contributed by atoms with van der Waals surface area (Å²) in [6.45, 7) is 53.2. The topological polar surface area (TPSA) is 471 Å². The average Bonchev–Trinajstić information content (AvgIpc) is 0.774. The number of aryl methyl sites for hydroxylation is 1. The molecule has 4 aromatic rings. The van der Waals surface area contributed by atoms with Crippen molar-refractivity contribution in [2.45, 2.75) is 158 Å². The van der Waals surface area contributed by atoms with Gasteiger partial charge in [-0.15, -0.1) is 0 Å². The Hall–Kier alpha value is -6.96. The zero-order valence-electron chi connectivity index (χ0n) is 80.3. The van der Waals surface area contributed by atoms with Crippen molar-refractivity contribution in [3.63, 3.8) is 0 Å². The molecule has 6 fully saturated rings. The van der Waals surface area contributed by atoms with Crippen LogP contribution < -0.4 is 37.2 Å². The van der Waals surface area contributed by atoms with E-state index in [2.05, 4.69) is 82.0 Å². The number of carbonyl (C=O) groups is 7. The quantitative estimate of drug-likeness (QED) is 0.0131. The van der Waals surface area contributed by atoms with Crippen LogP contribution in [0.5, 0.6) is 0 Å². The van der Waals surface area contributed by atoms with E-state index in [1.54, 1.807) is 82.3 Å². The van der Waals surface area contributed by atoms with Gasteiger partial charge in [0.05, 0.1) is 129 Å². The molecule has 10 rings (SSSR count). The van der Waals surface area contributed by atoms with Crippen molar-refractivity contribution < 1.29 is 109 Å². The number of halogens is 1. The molecule has 6 heterocycles. The fourth-order valence-electron chi connectivity index (χ4n) is 13.2. The first-order valence-electron chi connectivity index (χ1n) is 44.8. The second-order valence-corrected chi connectivity index (χ2v) is 43.2. The third-order valence-electron chi connectivity index (χ3n) is 21.8. The highest BCUT2D eigenvalue weighted by atomic mass is 35.5. The molecule has 0 spiro atoms. The molecule has 0 radical (unpaired) electrons. The molecule has 6 aliphatic rings. The van der Waals surface area contributed by atoms with Crippen molar-refractivity contribution in [1.29, 1.82) is 0 Å². The normalized spacial score (nSPS) is 17.2. The number of rotatable bonds is 39. The molecule has 7 amide bonds. The van der Waals surface area contributed by atoms with Crippen LogP contribution in [-0.2, 0) is 86.9 Å². The van der Waals surface area contributed by atoms with Crippen molar-refractivity contribution in [1.82, 2.24) is 51.9 Å². The Balaban J connectivity index is 0.000000746. The van der Waals surface area contributed by atoms with Crippen LogP contribution in [0.25, 0.3) is 10.8 Å². The lowest BCUT2D eigenvalue weighted by atomic mass is 10.0. The van der Waals surface area contributed by atoms with Gasteiger partial charge in [0.1, 0.15) is 4.90 Å². The molecule has 13 N–H and O–H groups in total. The minimum absolute atomic E-state index is 0.00319. The summed E-state index contributed by atoms with van der Waals surface area (Å²) in [6.07, 6.45) is 3.21. The van der Waals surface area contributed by atoms with E-state index >= 15 is 0 Å². The highest BCUT2D eigenvalue weighted by Gasteiger charge is 2.39. The summed E-state index contributed by atoms with van der Waals surface area (Å²) in [5.74, 6) is -0.721. The number of aliphatic hydroxyl groups is 2. The standard InChI is InChI=1S/C17H21NO4S.C13H18ClNO4S.C13H25N3O.C12H23N3O.C12H17NO4S.C9H20N2O.C7H15NO4S.C7H17NO2/c1-12(2)17(19)18-11-5-7-13-6-3-9-15-14(13)8-4-10-16(15)23(20,21)22;1-9(2)13(16)15-7-11(8-20(17,18)19)10-3-5-12(14)6-4-10;1-12(2)13(17)14-4-3-8-16-9-5-15(6-10-16)7-11-16;1-11(2)12(16)13-3-7-15-8-4-14(5-9-15)6-10-15;1-9(2)12(14)13-8-7-10-3-5-11(6-4-10)18(15,16)17;1-8(2)9(12)10-6-7-11(3,4)5;1-6(2)7(9)8(3)4-5-13(10,11)12;1-6(2)3-8-7(4-9)5-10/h3-4,6,8-10,12H,5,7,11H2,1-2H3,(H,18,19)(H,20,21,22);3-6,9,11H,7-8H2,1-2H3,(H,15,16)(H,17,18,19);12H,3-11H2,1-2H3;11H,3-10H2,1-2H3;3-6,9H,7-8H2,1-2H3,(H,13,14)(H,15,16,17);8H,6-7H2,1-5H3;6H,4-5H2,1-3H3,(H,10,11,12);6-10H,3-5H2,1-2H3/p+3. The lowest BCUT2D eigenvalue weighted by molar-refractivity contribution is -0.941. The predicted octanol–water partition coefficient (Wildman–Crippen LogP) is 6.36. The first kappa shape index (κ1) is 120. The third kappa shape index (κ3) is 52.3. The Bertz CT molecular complexity index is 4450. The Labute approximate surface area is 776 Å². The van der Waals surface area contributed by atoms with Gasteiger partial charge in [0.2, 0.25) is 41.4 Å². The fourth-order valence-corrected chi connectivity index (χ4v) is 15.9. The molecule has 0 aromatic heterocycles. The molecule has 6 saturated heterocycles. The molecule has 4 bridgehead atoms. The van der Waals surface area contributed by atoms with Crippen LogP contribution in [0.2, 0.25) is 5.02 Å². The van der Waals surface area contributed by atoms with Crippen molar-refractivity contribution in [2.24, 2.45) is 47.3 Å². The van der Waals surface area contributed by atoms with E-state index in [0.717, 1.165) is 73.1 Å². The number of likely N-dealkylation sites (N-methyl/N-ethyl adjacent to an activating group) is 1. The number of quaternary nitrogens is 3. The van der Waals surface area contributed by atoms with Crippen LogP contribution in [0.3, 0.4) is 0 Å². The first-order chi connectivity index (χ1) is 59.8. The van der Waals surface area contributed by atoms with Gasteiger partial charge in [0.15, 0.2) is 0 Å². The molecule has 0 aliphatic carbocycles. The third-order valence-corrected chi connectivity index (χ3v) is 25.3. The van der Waals surface area contributed by atoms with Gasteiger partial charge in [-0.3, -0.25) is 61.6 Å². The summed E-state index contributed by atoms with van der Waals surface area (Å²) in [6, 6.07) is 22.6. The smallest absolute Gasteiger partial charge is 0.295 e. The zero-order chi connectivity index (χ0) is 98.4. The number of amides is 7. The van der Waals surface area contributed by atoms with Crippen LogP contribution in [-0.4, -0.2) is 341 Å². The van der Waals surface area contributed by atoms with Crippen molar-refractivity contribution >= 4 is 104 Å². The zero-order valence-corrected chi connectivity index (χ0v) is 84.3. The summed E-state index contributed by atoms with van der Waals surface area (Å²) < 4.78 is 126. The maximum absolute atomic E-state index is 11.6. The summed E-state index contributed by atoms with van der Waals surface area (Å²) >= 11 is 5.78. The van der Waals surface area contributed by atoms with Crippen molar-refractivity contribution in [2.75, 3.05) is 203 Å². The van der Waals surface area contributed by atoms with Gasteiger partial charge in [-0.2, -0.15) is 33.7 Å². The maximum atomic E-state index is 11.6. The number of hydrogen-bond donors (Lipinski definition) is 13. The number of nitrogens with one attached hydrogen (secondary N) is 7. The Morgan fingerprint density at radius 3 is 1.27 bits per heavy atom. The maximum Gasteiger partial charge on any atom is 0.295 e. The molecule has 1 atom stereocenters. The Morgan fingerprint density at radius 1 is 0.457 bits per heavy atom. The molecular formula is C90H159ClN13O21S4+3. The van der Waals surface area contributed by atoms with Gasteiger partial charge in [-0.1, -0.05) is 177 Å². The molecule has 39 heteroatoms. The second kappa shape index (κ2) is 59.6. The largest absolute Gasteiger partial charge is 0.395 e. The molecule has 34 nitrogen and oxygen atoms in total. The van der Waals surface area contributed by atoms with Crippen LogP contribution >= 0.6 is 11.6 Å².